The molecule has 8 nitrogen and oxygen atoms in total. The SMILES string of the molecule is CNCCCNC(=O)C(=O)Nc1cccc(N2CCCS2(=O)=O)c1. The molecule has 2 amide bonds. The maximum absolute atomic E-state index is 11.9. The fourth-order valence-electron chi connectivity index (χ4n) is 2.40. The van der Waals surface area contributed by atoms with Gasteiger partial charge in [0.15, 0.2) is 0 Å². The molecule has 1 aliphatic heterocycles. The lowest BCUT2D eigenvalue weighted by molar-refractivity contribution is -0.136. The molecule has 24 heavy (non-hydrogen) atoms. The van der Waals surface area contributed by atoms with Crippen LogP contribution < -0.4 is 20.3 Å². The molecular formula is C15H22N4O4S. The summed E-state index contributed by atoms with van der Waals surface area (Å²) in [7, 11) is -1.48. The highest BCUT2D eigenvalue weighted by atomic mass is 32.2. The van der Waals surface area contributed by atoms with Crippen LogP contribution in [0, 0.1) is 0 Å². The van der Waals surface area contributed by atoms with Crippen LogP contribution >= 0.6 is 0 Å². The Morgan fingerprint density at radius 3 is 2.67 bits per heavy atom. The Hall–Kier alpha value is -2.13. The third-order valence-corrected chi connectivity index (χ3v) is 5.46. The first-order valence-electron chi connectivity index (χ1n) is 7.78. The zero-order valence-corrected chi connectivity index (χ0v) is 14.4. The van der Waals surface area contributed by atoms with E-state index in [-0.39, 0.29) is 5.75 Å². The lowest BCUT2D eigenvalue weighted by Crippen LogP contribution is -2.36. The minimum absolute atomic E-state index is 0.124. The highest BCUT2D eigenvalue weighted by molar-refractivity contribution is 7.93. The smallest absolute Gasteiger partial charge is 0.313 e. The van der Waals surface area contributed by atoms with Gasteiger partial charge in [-0.15, -0.1) is 0 Å². The van der Waals surface area contributed by atoms with Gasteiger partial charge in [0.05, 0.1) is 11.4 Å². The topological polar surface area (TPSA) is 108 Å². The number of nitrogens with zero attached hydrogens (tertiary/aromatic N) is 1. The third-order valence-electron chi connectivity index (χ3n) is 3.59. The van der Waals surface area contributed by atoms with Gasteiger partial charge in [0.2, 0.25) is 10.0 Å². The van der Waals surface area contributed by atoms with Crippen LogP contribution in [0.25, 0.3) is 0 Å². The van der Waals surface area contributed by atoms with Gasteiger partial charge < -0.3 is 16.0 Å². The van der Waals surface area contributed by atoms with E-state index in [1.54, 1.807) is 24.3 Å². The summed E-state index contributed by atoms with van der Waals surface area (Å²) in [6.07, 6.45) is 1.30. The number of carbonyl (C=O) groups is 2. The Bertz CT molecular complexity index is 705. The van der Waals surface area contributed by atoms with Crippen LogP contribution in [0.5, 0.6) is 0 Å². The standard InChI is InChI=1S/C15H22N4O4S/c1-16-7-3-8-17-14(20)15(21)18-12-5-2-6-13(11-12)19-9-4-10-24(19,22)23/h2,5-6,11,16H,3-4,7-10H2,1H3,(H,17,20)(H,18,21). The third kappa shape index (κ3) is 4.68. The van der Waals surface area contributed by atoms with Crippen LogP contribution in [0.1, 0.15) is 12.8 Å². The molecule has 0 unspecified atom stereocenters. The molecule has 0 bridgehead atoms. The quantitative estimate of drug-likeness (QED) is 0.488. The first-order chi connectivity index (χ1) is 11.4. The number of nitrogens with one attached hydrogen (secondary N) is 3. The highest BCUT2D eigenvalue weighted by Gasteiger charge is 2.28. The van der Waals surface area contributed by atoms with Crippen molar-refractivity contribution in [3.05, 3.63) is 24.3 Å². The van der Waals surface area contributed by atoms with Gasteiger partial charge in [-0.25, -0.2) is 8.42 Å². The number of sulfonamides is 1. The molecule has 1 aromatic carbocycles. The van der Waals surface area contributed by atoms with Crippen molar-refractivity contribution < 1.29 is 18.0 Å². The van der Waals surface area contributed by atoms with Gasteiger partial charge in [0, 0.05) is 18.8 Å². The molecule has 0 spiro atoms. The maximum Gasteiger partial charge on any atom is 0.313 e. The molecule has 1 aliphatic rings. The van der Waals surface area contributed by atoms with Crippen LogP contribution in [0.4, 0.5) is 11.4 Å². The molecule has 2 rings (SSSR count). The van der Waals surface area contributed by atoms with Crippen LogP contribution in [0.2, 0.25) is 0 Å². The predicted molar refractivity (Wildman–Crippen MR) is 92.4 cm³/mol. The lowest BCUT2D eigenvalue weighted by Gasteiger charge is -2.17. The summed E-state index contributed by atoms with van der Waals surface area (Å²) in [6.45, 7) is 1.57. The molecule has 9 heteroatoms. The Kier molecular flexibility index (Phi) is 6.16. The van der Waals surface area contributed by atoms with E-state index in [1.165, 1.54) is 4.31 Å². The number of anilines is 2. The second-order valence-corrected chi connectivity index (χ2v) is 7.47. The molecule has 132 valence electrons. The van der Waals surface area contributed by atoms with Crippen molar-refractivity contribution >= 4 is 33.2 Å². The largest absolute Gasteiger partial charge is 0.348 e. The van der Waals surface area contributed by atoms with Crippen LogP contribution in [-0.4, -0.2) is 52.7 Å². The minimum Gasteiger partial charge on any atom is -0.348 e. The number of hydrogen-bond donors (Lipinski definition) is 3. The predicted octanol–water partition coefficient (Wildman–Crippen LogP) is -0.109. The average Bonchev–Trinajstić information content (AvgIpc) is 2.91. The second kappa shape index (κ2) is 8.11. The summed E-state index contributed by atoms with van der Waals surface area (Å²) < 4.78 is 25.2. The van der Waals surface area contributed by atoms with E-state index in [9.17, 15) is 18.0 Å². The van der Waals surface area contributed by atoms with Gasteiger partial charge >= 0.3 is 11.8 Å². The second-order valence-electron chi connectivity index (χ2n) is 5.46. The number of hydrogen-bond acceptors (Lipinski definition) is 5. The number of rotatable bonds is 6. The summed E-state index contributed by atoms with van der Waals surface area (Å²) in [5, 5.41) is 7.95. The average molecular weight is 354 g/mol. The molecule has 0 aromatic heterocycles. The van der Waals surface area contributed by atoms with Gasteiger partial charge in [-0.05, 0) is 44.6 Å². The van der Waals surface area contributed by atoms with Crippen molar-refractivity contribution in [2.24, 2.45) is 0 Å². The molecule has 1 heterocycles. The number of amides is 2. The molecule has 0 atom stereocenters. The zero-order valence-electron chi connectivity index (χ0n) is 13.5. The van der Waals surface area contributed by atoms with E-state index in [2.05, 4.69) is 16.0 Å². The van der Waals surface area contributed by atoms with E-state index in [1.807, 2.05) is 7.05 Å². The molecule has 0 saturated carbocycles. The van der Waals surface area contributed by atoms with E-state index < -0.39 is 21.8 Å². The van der Waals surface area contributed by atoms with Gasteiger partial charge in [-0.1, -0.05) is 6.07 Å². The zero-order chi connectivity index (χ0) is 17.6. The summed E-state index contributed by atoms with van der Waals surface area (Å²) >= 11 is 0. The first-order valence-corrected chi connectivity index (χ1v) is 9.39. The fourth-order valence-corrected chi connectivity index (χ4v) is 3.96. The molecule has 0 aliphatic carbocycles. The van der Waals surface area contributed by atoms with Crippen molar-refractivity contribution in [2.45, 2.75) is 12.8 Å². The molecule has 0 radical (unpaired) electrons. The van der Waals surface area contributed by atoms with Gasteiger partial charge in [-0.3, -0.25) is 13.9 Å². The molecule has 1 aromatic rings. The van der Waals surface area contributed by atoms with E-state index in [4.69, 9.17) is 0 Å². The summed E-state index contributed by atoms with van der Waals surface area (Å²) in [4.78, 5) is 23.6. The van der Waals surface area contributed by atoms with Crippen LogP contribution in [0.3, 0.4) is 0 Å². The molecule has 3 N–H and O–H groups in total. The van der Waals surface area contributed by atoms with Crippen LogP contribution in [-0.2, 0) is 19.6 Å². The van der Waals surface area contributed by atoms with Crippen molar-refractivity contribution in [3.8, 4) is 0 Å². The molecule has 1 fully saturated rings. The van der Waals surface area contributed by atoms with Crippen molar-refractivity contribution in [1.29, 1.82) is 0 Å². The summed E-state index contributed by atoms with van der Waals surface area (Å²) in [6, 6.07) is 6.47. The fraction of sp³-hybridized carbons (Fsp3) is 0.467. The van der Waals surface area contributed by atoms with E-state index in [0.29, 0.717) is 30.9 Å². The number of carbonyl (C=O) groups excluding carboxylic acids is 2. The van der Waals surface area contributed by atoms with Crippen molar-refractivity contribution in [2.75, 3.05) is 42.1 Å². The first kappa shape index (κ1) is 18.2. The Balaban J connectivity index is 1.97. The number of benzene rings is 1. The monoisotopic (exact) mass is 354 g/mol. The normalized spacial score (nSPS) is 16.0. The van der Waals surface area contributed by atoms with E-state index in [0.717, 1.165) is 13.0 Å². The summed E-state index contributed by atoms with van der Waals surface area (Å²) in [5.74, 6) is -1.37. The molecular weight excluding hydrogens is 332 g/mol. The van der Waals surface area contributed by atoms with Gasteiger partial charge in [-0.2, -0.15) is 0 Å². The Labute approximate surface area is 141 Å². The maximum atomic E-state index is 11.9. The Morgan fingerprint density at radius 2 is 2.00 bits per heavy atom. The lowest BCUT2D eigenvalue weighted by atomic mass is 10.2. The van der Waals surface area contributed by atoms with Crippen molar-refractivity contribution in [1.82, 2.24) is 10.6 Å². The van der Waals surface area contributed by atoms with Gasteiger partial charge in [0.1, 0.15) is 0 Å². The van der Waals surface area contributed by atoms with Crippen LogP contribution in [0.15, 0.2) is 24.3 Å². The Morgan fingerprint density at radius 1 is 1.21 bits per heavy atom. The van der Waals surface area contributed by atoms with Gasteiger partial charge in [0.25, 0.3) is 0 Å². The summed E-state index contributed by atoms with van der Waals surface area (Å²) in [5.41, 5.74) is 0.865. The van der Waals surface area contributed by atoms with E-state index >= 15 is 0 Å². The molecule has 1 saturated heterocycles. The highest BCUT2D eigenvalue weighted by Crippen LogP contribution is 2.26. The minimum atomic E-state index is -3.28. The van der Waals surface area contributed by atoms with Crippen molar-refractivity contribution in [3.63, 3.8) is 0 Å².